The number of hydrogen-bond donors (Lipinski definition) is 1. The second-order valence-electron chi connectivity index (χ2n) is 10.5. The van der Waals surface area contributed by atoms with Crippen LogP contribution in [0.25, 0.3) is 0 Å². The van der Waals surface area contributed by atoms with Crippen molar-refractivity contribution in [3.8, 4) is 0 Å². The monoisotopic (exact) mass is 441 g/mol. The minimum Gasteiger partial charge on any atom is -0.378 e. The summed E-state index contributed by atoms with van der Waals surface area (Å²) in [6, 6.07) is 7.26. The van der Waals surface area contributed by atoms with E-state index in [4.69, 9.17) is 4.74 Å². The predicted octanol–water partition coefficient (Wildman–Crippen LogP) is 3.76. The third-order valence-electron chi connectivity index (χ3n) is 6.36. The molecular weight excluding hydrogens is 405 g/mol. The van der Waals surface area contributed by atoms with Crippen LogP contribution in [-0.2, 0) is 17.8 Å². The van der Waals surface area contributed by atoms with Gasteiger partial charge in [0.05, 0.1) is 13.2 Å². The zero-order chi connectivity index (χ0) is 22.8. The van der Waals surface area contributed by atoms with Gasteiger partial charge >= 0.3 is 0 Å². The molecule has 0 aliphatic carbocycles. The maximum atomic E-state index is 13.5. The quantitative estimate of drug-likeness (QED) is 0.737. The number of nitrogens with zero attached hydrogens (tertiary/aromatic N) is 4. The predicted molar refractivity (Wildman–Crippen MR) is 125 cm³/mol. The van der Waals surface area contributed by atoms with Crippen molar-refractivity contribution in [2.45, 2.75) is 70.7 Å². The molecule has 32 heavy (non-hydrogen) atoms. The molecule has 3 heterocycles. The van der Waals surface area contributed by atoms with Gasteiger partial charge in [-0.2, -0.15) is 0 Å². The number of rotatable bonds is 6. The molecule has 0 atom stereocenters. The third kappa shape index (κ3) is 6.03. The average Bonchev–Trinajstić information content (AvgIpc) is 2.74. The van der Waals surface area contributed by atoms with Crippen molar-refractivity contribution in [3.63, 3.8) is 0 Å². The van der Waals surface area contributed by atoms with Gasteiger partial charge in [-0.25, -0.2) is 14.4 Å². The summed E-state index contributed by atoms with van der Waals surface area (Å²) < 4.78 is 18.9. The largest absolute Gasteiger partial charge is 0.378 e. The van der Waals surface area contributed by atoms with E-state index in [2.05, 4.69) is 52.8 Å². The lowest BCUT2D eigenvalue weighted by molar-refractivity contribution is 0.0562. The van der Waals surface area contributed by atoms with Crippen LogP contribution in [0.4, 0.5) is 10.3 Å². The van der Waals surface area contributed by atoms with Crippen LogP contribution < -0.4 is 10.2 Å². The van der Waals surface area contributed by atoms with Crippen molar-refractivity contribution in [3.05, 3.63) is 53.6 Å². The Morgan fingerprint density at radius 1 is 0.969 bits per heavy atom. The summed E-state index contributed by atoms with van der Waals surface area (Å²) in [7, 11) is 0. The molecule has 0 unspecified atom stereocenters. The fraction of sp³-hybridized carbons (Fsp3) is 0.600. The lowest BCUT2D eigenvalue weighted by Crippen LogP contribution is -2.62. The van der Waals surface area contributed by atoms with Gasteiger partial charge in [0.15, 0.2) is 0 Å². The Morgan fingerprint density at radius 3 is 2.12 bits per heavy atom. The maximum absolute atomic E-state index is 13.5. The van der Waals surface area contributed by atoms with Gasteiger partial charge in [0.25, 0.3) is 0 Å². The van der Waals surface area contributed by atoms with E-state index in [1.165, 1.54) is 0 Å². The fourth-order valence-corrected chi connectivity index (χ4v) is 5.26. The Morgan fingerprint density at radius 2 is 1.53 bits per heavy atom. The molecule has 1 aromatic heterocycles. The molecule has 2 saturated heterocycles. The first-order valence-corrected chi connectivity index (χ1v) is 11.6. The van der Waals surface area contributed by atoms with E-state index in [0.29, 0.717) is 6.04 Å². The highest BCUT2D eigenvalue weighted by Gasteiger charge is 2.40. The SMILES string of the molecule is CC1(C)CC(N(Cc2ccc(F)cc2)Cc2cnc(N3CCOCC3)nc2)CC(C)(C)N1. The summed E-state index contributed by atoms with van der Waals surface area (Å²) in [6.45, 7) is 13.7. The number of morpholine rings is 1. The van der Waals surface area contributed by atoms with Gasteiger partial charge in [-0.1, -0.05) is 12.1 Å². The van der Waals surface area contributed by atoms with Crippen molar-refractivity contribution >= 4 is 5.95 Å². The van der Waals surface area contributed by atoms with Gasteiger partial charge in [-0.05, 0) is 58.2 Å². The topological polar surface area (TPSA) is 53.5 Å². The van der Waals surface area contributed by atoms with E-state index in [-0.39, 0.29) is 16.9 Å². The fourth-order valence-electron chi connectivity index (χ4n) is 5.26. The van der Waals surface area contributed by atoms with Crippen LogP contribution >= 0.6 is 0 Å². The molecule has 2 aliphatic rings. The standard InChI is InChI=1S/C25H36FN5O/c1-24(2)13-22(14-25(3,4)29-24)31(17-19-5-7-21(26)8-6-19)18-20-15-27-23(28-16-20)30-9-11-32-12-10-30/h5-8,15-16,22,29H,9-14,17-18H2,1-4H3. The highest BCUT2D eigenvalue weighted by Crippen LogP contribution is 2.33. The van der Waals surface area contributed by atoms with Crippen LogP contribution in [0.3, 0.4) is 0 Å². The Hall–Kier alpha value is -2.09. The first-order valence-electron chi connectivity index (χ1n) is 11.6. The summed E-state index contributed by atoms with van der Waals surface area (Å²) in [5.74, 6) is 0.572. The molecule has 0 radical (unpaired) electrons. The summed E-state index contributed by atoms with van der Waals surface area (Å²) in [6.07, 6.45) is 5.99. The Kier molecular flexibility index (Phi) is 6.79. The van der Waals surface area contributed by atoms with Gasteiger partial charge in [-0.15, -0.1) is 0 Å². The molecule has 0 bridgehead atoms. The van der Waals surface area contributed by atoms with Gasteiger partial charge in [0, 0.05) is 61.3 Å². The Balaban J connectivity index is 1.53. The third-order valence-corrected chi connectivity index (χ3v) is 6.36. The highest BCUT2D eigenvalue weighted by molar-refractivity contribution is 5.30. The van der Waals surface area contributed by atoms with Crippen LogP contribution in [0, 0.1) is 5.82 Å². The number of halogens is 1. The number of nitrogens with one attached hydrogen (secondary N) is 1. The minimum absolute atomic E-state index is 0.0458. The number of benzene rings is 1. The molecule has 1 aromatic carbocycles. The summed E-state index contributed by atoms with van der Waals surface area (Å²) in [5.41, 5.74) is 2.30. The molecule has 1 N–H and O–H groups in total. The second kappa shape index (κ2) is 9.41. The average molecular weight is 442 g/mol. The lowest BCUT2D eigenvalue weighted by atomic mass is 9.79. The summed E-state index contributed by atoms with van der Waals surface area (Å²) >= 11 is 0. The van der Waals surface area contributed by atoms with Crippen LogP contribution in [0.5, 0.6) is 0 Å². The number of piperidine rings is 1. The minimum atomic E-state index is -0.198. The van der Waals surface area contributed by atoms with Crippen molar-refractivity contribution in [1.82, 2.24) is 20.2 Å². The zero-order valence-corrected chi connectivity index (χ0v) is 19.8. The first-order chi connectivity index (χ1) is 15.2. The normalized spacial score (nSPS) is 21.1. The molecule has 2 aromatic rings. The summed E-state index contributed by atoms with van der Waals surface area (Å²) in [4.78, 5) is 14.0. The Bertz CT molecular complexity index is 862. The number of ether oxygens (including phenoxy) is 1. The van der Waals surface area contributed by atoms with Gasteiger partial charge in [0.1, 0.15) is 5.82 Å². The molecule has 0 saturated carbocycles. The second-order valence-corrected chi connectivity index (χ2v) is 10.5. The first kappa shape index (κ1) is 23.1. The molecule has 6 nitrogen and oxygen atoms in total. The molecule has 7 heteroatoms. The van der Waals surface area contributed by atoms with E-state index in [9.17, 15) is 4.39 Å². The molecule has 0 spiro atoms. The van der Waals surface area contributed by atoms with E-state index in [1.807, 2.05) is 24.5 Å². The van der Waals surface area contributed by atoms with Gasteiger partial charge in [-0.3, -0.25) is 4.90 Å². The maximum Gasteiger partial charge on any atom is 0.225 e. The smallest absolute Gasteiger partial charge is 0.225 e. The molecule has 174 valence electrons. The van der Waals surface area contributed by atoms with Gasteiger partial charge in [0.2, 0.25) is 5.95 Å². The van der Waals surface area contributed by atoms with E-state index in [1.54, 1.807) is 12.1 Å². The molecule has 2 fully saturated rings. The van der Waals surface area contributed by atoms with E-state index >= 15 is 0 Å². The molecule has 4 rings (SSSR count). The van der Waals surface area contributed by atoms with Crippen LogP contribution in [-0.4, -0.2) is 58.3 Å². The van der Waals surface area contributed by atoms with E-state index < -0.39 is 0 Å². The number of aromatic nitrogens is 2. The van der Waals surface area contributed by atoms with E-state index in [0.717, 1.165) is 69.3 Å². The molecule has 2 aliphatic heterocycles. The molecule has 0 amide bonds. The number of anilines is 1. The van der Waals surface area contributed by atoms with Crippen LogP contribution in [0.15, 0.2) is 36.7 Å². The summed E-state index contributed by atoms with van der Waals surface area (Å²) in [5, 5.41) is 3.78. The van der Waals surface area contributed by atoms with Crippen molar-refractivity contribution in [1.29, 1.82) is 0 Å². The van der Waals surface area contributed by atoms with Crippen molar-refractivity contribution < 1.29 is 9.13 Å². The van der Waals surface area contributed by atoms with Crippen molar-refractivity contribution in [2.24, 2.45) is 0 Å². The van der Waals surface area contributed by atoms with Crippen molar-refractivity contribution in [2.75, 3.05) is 31.2 Å². The number of hydrogen-bond acceptors (Lipinski definition) is 6. The lowest BCUT2D eigenvalue weighted by Gasteiger charge is -2.49. The zero-order valence-electron chi connectivity index (χ0n) is 19.8. The highest BCUT2D eigenvalue weighted by atomic mass is 19.1. The van der Waals surface area contributed by atoms with Crippen LogP contribution in [0.2, 0.25) is 0 Å². The molecular formula is C25H36FN5O. The van der Waals surface area contributed by atoms with Crippen LogP contribution in [0.1, 0.15) is 51.7 Å². The van der Waals surface area contributed by atoms with Gasteiger partial charge < -0.3 is 15.0 Å². The Labute approximate surface area is 191 Å².